The highest BCUT2D eigenvalue weighted by Gasteiger charge is 2.29. The number of sulfonamides is 1. The number of nitrogens with one attached hydrogen (secondary N) is 1. The average Bonchev–Trinajstić information content (AvgIpc) is 2.88. The SMILES string of the molecule is Cc1noc(C)c1S(=O)(=O)NC1CCN(c2ccccc2)CC1. The fourth-order valence-electron chi connectivity index (χ4n) is 3.03. The Morgan fingerprint density at radius 2 is 1.83 bits per heavy atom. The van der Waals surface area contributed by atoms with E-state index < -0.39 is 10.0 Å². The molecular weight excluding hydrogens is 314 g/mol. The Labute approximate surface area is 136 Å². The molecule has 0 unspecified atom stereocenters. The summed E-state index contributed by atoms with van der Waals surface area (Å²) < 4.78 is 32.8. The smallest absolute Gasteiger partial charge is 0.246 e. The molecule has 124 valence electrons. The zero-order valence-electron chi connectivity index (χ0n) is 13.3. The number of anilines is 1. The van der Waals surface area contributed by atoms with Gasteiger partial charge in [-0.1, -0.05) is 23.4 Å². The van der Waals surface area contributed by atoms with E-state index in [4.69, 9.17) is 4.52 Å². The van der Waals surface area contributed by atoms with E-state index in [1.54, 1.807) is 13.8 Å². The normalized spacial score (nSPS) is 16.7. The van der Waals surface area contributed by atoms with Crippen LogP contribution in [0.4, 0.5) is 5.69 Å². The Balaban J connectivity index is 1.65. The molecule has 0 radical (unpaired) electrons. The van der Waals surface area contributed by atoms with Gasteiger partial charge in [0.15, 0.2) is 5.76 Å². The predicted molar refractivity (Wildman–Crippen MR) is 88.0 cm³/mol. The van der Waals surface area contributed by atoms with Crippen molar-refractivity contribution in [1.82, 2.24) is 9.88 Å². The molecule has 1 saturated heterocycles. The zero-order chi connectivity index (χ0) is 16.4. The molecule has 0 saturated carbocycles. The van der Waals surface area contributed by atoms with Gasteiger partial charge in [-0.05, 0) is 38.8 Å². The number of aromatic nitrogens is 1. The van der Waals surface area contributed by atoms with Gasteiger partial charge in [-0.15, -0.1) is 0 Å². The maximum absolute atomic E-state index is 12.5. The van der Waals surface area contributed by atoms with Gasteiger partial charge in [0.05, 0.1) is 0 Å². The van der Waals surface area contributed by atoms with Crippen molar-refractivity contribution < 1.29 is 12.9 Å². The first-order valence-electron chi connectivity index (χ1n) is 7.72. The van der Waals surface area contributed by atoms with E-state index in [2.05, 4.69) is 26.9 Å². The quantitative estimate of drug-likeness (QED) is 0.927. The lowest BCUT2D eigenvalue weighted by molar-refractivity contribution is 0.390. The van der Waals surface area contributed by atoms with E-state index in [-0.39, 0.29) is 10.9 Å². The number of nitrogens with zero attached hydrogens (tertiary/aromatic N) is 2. The molecule has 1 N–H and O–H groups in total. The highest BCUT2D eigenvalue weighted by atomic mass is 32.2. The Bertz CT molecular complexity index is 744. The highest BCUT2D eigenvalue weighted by Crippen LogP contribution is 2.23. The van der Waals surface area contributed by atoms with Gasteiger partial charge in [-0.3, -0.25) is 0 Å². The number of aryl methyl sites for hydroxylation is 2. The van der Waals surface area contributed by atoms with E-state index in [0.717, 1.165) is 25.9 Å². The number of piperidine rings is 1. The zero-order valence-corrected chi connectivity index (χ0v) is 14.1. The van der Waals surface area contributed by atoms with Crippen LogP contribution in [0.3, 0.4) is 0 Å². The Hall–Kier alpha value is -1.86. The van der Waals surface area contributed by atoms with Crippen molar-refractivity contribution in [3.63, 3.8) is 0 Å². The van der Waals surface area contributed by atoms with Gasteiger partial charge in [-0.25, -0.2) is 13.1 Å². The number of rotatable bonds is 4. The van der Waals surface area contributed by atoms with Crippen molar-refractivity contribution in [1.29, 1.82) is 0 Å². The lowest BCUT2D eigenvalue weighted by atomic mass is 10.1. The van der Waals surface area contributed by atoms with Crippen LogP contribution in [0.25, 0.3) is 0 Å². The summed E-state index contributed by atoms with van der Waals surface area (Å²) in [6, 6.07) is 10.1. The molecule has 7 heteroatoms. The fraction of sp³-hybridized carbons (Fsp3) is 0.438. The van der Waals surface area contributed by atoms with E-state index in [0.29, 0.717) is 11.5 Å². The van der Waals surface area contributed by atoms with Crippen LogP contribution < -0.4 is 9.62 Å². The van der Waals surface area contributed by atoms with Crippen LogP contribution in [0.5, 0.6) is 0 Å². The molecule has 1 aliphatic rings. The van der Waals surface area contributed by atoms with Crippen molar-refractivity contribution in [2.75, 3.05) is 18.0 Å². The minimum absolute atomic E-state index is 0.0614. The lowest BCUT2D eigenvalue weighted by Gasteiger charge is -2.33. The van der Waals surface area contributed by atoms with Gasteiger partial charge in [0.1, 0.15) is 10.6 Å². The lowest BCUT2D eigenvalue weighted by Crippen LogP contribution is -2.44. The molecule has 2 aromatic rings. The second kappa shape index (κ2) is 6.33. The van der Waals surface area contributed by atoms with E-state index >= 15 is 0 Å². The molecule has 1 aromatic heterocycles. The molecule has 3 rings (SSSR count). The molecule has 0 bridgehead atoms. The van der Waals surface area contributed by atoms with Gasteiger partial charge in [-0.2, -0.15) is 0 Å². The van der Waals surface area contributed by atoms with Crippen molar-refractivity contribution in [3.8, 4) is 0 Å². The fourth-order valence-corrected chi connectivity index (χ4v) is 4.67. The summed E-state index contributed by atoms with van der Waals surface area (Å²) in [5.74, 6) is 0.330. The maximum atomic E-state index is 12.5. The van der Waals surface area contributed by atoms with Crippen LogP contribution in [-0.2, 0) is 10.0 Å². The third-order valence-corrected chi connectivity index (χ3v) is 5.94. The summed E-state index contributed by atoms with van der Waals surface area (Å²) in [7, 11) is -3.58. The molecule has 1 aromatic carbocycles. The number of para-hydroxylation sites is 1. The molecule has 6 nitrogen and oxygen atoms in total. The third-order valence-electron chi connectivity index (χ3n) is 4.17. The van der Waals surface area contributed by atoms with Gasteiger partial charge >= 0.3 is 0 Å². The molecule has 1 aliphatic heterocycles. The molecule has 23 heavy (non-hydrogen) atoms. The van der Waals surface area contributed by atoms with Crippen molar-refractivity contribution in [3.05, 3.63) is 41.8 Å². The highest BCUT2D eigenvalue weighted by molar-refractivity contribution is 7.89. The first-order chi connectivity index (χ1) is 11.0. The number of hydrogen-bond donors (Lipinski definition) is 1. The summed E-state index contributed by atoms with van der Waals surface area (Å²) in [5, 5.41) is 3.72. The standard InChI is InChI=1S/C16H21N3O3S/c1-12-16(13(2)22-17-12)23(20,21)18-14-8-10-19(11-9-14)15-6-4-3-5-7-15/h3-7,14,18H,8-11H2,1-2H3. The van der Waals surface area contributed by atoms with Crippen molar-refractivity contribution in [2.45, 2.75) is 37.6 Å². The summed E-state index contributed by atoms with van der Waals surface area (Å²) >= 11 is 0. The van der Waals surface area contributed by atoms with Crippen molar-refractivity contribution >= 4 is 15.7 Å². The molecule has 0 spiro atoms. The van der Waals surface area contributed by atoms with Crippen molar-refractivity contribution in [2.24, 2.45) is 0 Å². The Morgan fingerprint density at radius 1 is 1.17 bits per heavy atom. The molecule has 0 aliphatic carbocycles. The minimum atomic E-state index is -3.58. The van der Waals surface area contributed by atoms with Crippen LogP contribution in [0.1, 0.15) is 24.3 Å². The van der Waals surface area contributed by atoms with E-state index in [9.17, 15) is 8.42 Å². The van der Waals surface area contributed by atoms with Gasteiger partial charge in [0.2, 0.25) is 10.0 Å². The molecule has 0 amide bonds. The summed E-state index contributed by atoms with van der Waals surface area (Å²) in [6.07, 6.45) is 1.55. The van der Waals surface area contributed by atoms with Crippen LogP contribution in [0.2, 0.25) is 0 Å². The minimum Gasteiger partial charge on any atom is -0.371 e. The van der Waals surface area contributed by atoms with Crippen LogP contribution in [0.15, 0.2) is 39.8 Å². The van der Waals surface area contributed by atoms with Gasteiger partial charge in [0.25, 0.3) is 0 Å². The predicted octanol–water partition coefficient (Wildman–Crippen LogP) is 2.24. The third kappa shape index (κ3) is 3.40. The van der Waals surface area contributed by atoms with E-state index in [1.807, 2.05) is 18.2 Å². The summed E-state index contributed by atoms with van der Waals surface area (Å²) in [4.78, 5) is 2.45. The maximum Gasteiger partial charge on any atom is 0.246 e. The summed E-state index contributed by atoms with van der Waals surface area (Å²) in [5.41, 5.74) is 1.58. The second-order valence-corrected chi connectivity index (χ2v) is 7.52. The second-order valence-electron chi connectivity index (χ2n) is 5.87. The number of hydrogen-bond acceptors (Lipinski definition) is 5. The van der Waals surface area contributed by atoms with Gasteiger partial charge in [0, 0.05) is 24.8 Å². The first kappa shape index (κ1) is 16.0. The van der Waals surface area contributed by atoms with Crippen LogP contribution in [0, 0.1) is 13.8 Å². The van der Waals surface area contributed by atoms with Crippen LogP contribution in [-0.4, -0.2) is 32.7 Å². The molecular formula is C16H21N3O3S. The number of benzene rings is 1. The van der Waals surface area contributed by atoms with E-state index in [1.165, 1.54) is 5.69 Å². The summed E-state index contributed by atoms with van der Waals surface area (Å²) in [6.45, 7) is 4.92. The van der Waals surface area contributed by atoms with Gasteiger partial charge < -0.3 is 9.42 Å². The van der Waals surface area contributed by atoms with Crippen LogP contribution >= 0.6 is 0 Å². The molecule has 1 fully saturated rings. The topological polar surface area (TPSA) is 75.4 Å². The molecule has 2 heterocycles. The molecule has 0 atom stereocenters. The first-order valence-corrected chi connectivity index (χ1v) is 9.21. The largest absolute Gasteiger partial charge is 0.371 e. The monoisotopic (exact) mass is 335 g/mol. The Morgan fingerprint density at radius 3 is 2.39 bits per heavy atom. The average molecular weight is 335 g/mol. The Kier molecular flexibility index (Phi) is 4.41.